The number of para-hydroxylation sites is 1. The van der Waals surface area contributed by atoms with Crippen LogP contribution in [0.3, 0.4) is 0 Å². The second-order valence-corrected chi connectivity index (χ2v) is 6.42. The van der Waals surface area contributed by atoms with Gasteiger partial charge in [0.1, 0.15) is 0 Å². The molecular weight excluding hydrogens is 232 g/mol. The second-order valence-electron chi connectivity index (χ2n) is 6.42. The van der Waals surface area contributed by atoms with Crippen LogP contribution in [-0.4, -0.2) is 11.1 Å². The van der Waals surface area contributed by atoms with Crippen LogP contribution in [0.2, 0.25) is 0 Å². The molecule has 3 rings (SSSR count). The van der Waals surface area contributed by atoms with E-state index in [4.69, 9.17) is 0 Å². The summed E-state index contributed by atoms with van der Waals surface area (Å²) in [4.78, 5) is 0. The molecule has 0 atom stereocenters. The van der Waals surface area contributed by atoms with Gasteiger partial charge in [-0.1, -0.05) is 31.5 Å². The largest absolute Gasteiger partial charge is 0.346 e. The number of hydrogen-bond acceptors (Lipinski definition) is 1. The van der Waals surface area contributed by atoms with Crippen molar-refractivity contribution >= 4 is 10.9 Å². The van der Waals surface area contributed by atoms with E-state index in [1.807, 2.05) is 0 Å². The van der Waals surface area contributed by atoms with Gasteiger partial charge < -0.3 is 9.88 Å². The van der Waals surface area contributed by atoms with Crippen molar-refractivity contribution in [2.75, 3.05) is 6.54 Å². The van der Waals surface area contributed by atoms with Gasteiger partial charge in [0.15, 0.2) is 0 Å². The van der Waals surface area contributed by atoms with E-state index in [1.54, 1.807) is 0 Å². The predicted octanol–water partition coefficient (Wildman–Crippen LogP) is 3.77. The van der Waals surface area contributed by atoms with Gasteiger partial charge in [0.2, 0.25) is 0 Å². The van der Waals surface area contributed by atoms with Crippen LogP contribution in [-0.2, 0) is 13.6 Å². The normalized spacial score (nSPS) is 17.6. The van der Waals surface area contributed by atoms with Crippen molar-refractivity contribution in [3.63, 3.8) is 0 Å². The molecule has 19 heavy (non-hydrogen) atoms. The van der Waals surface area contributed by atoms with Crippen LogP contribution in [0.4, 0.5) is 0 Å². The lowest BCUT2D eigenvalue weighted by Crippen LogP contribution is -2.37. The zero-order chi connectivity index (χ0) is 13.5. The fourth-order valence-electron chi connectivity index (χ4n) is 3.33. The molecule has 2 aromatic rings. The maximum absolute atomic E-state index is 3.67. The molecule has 1 heterocycles. The first-order chi connectivity index (χ1) is 9.11. The average Bonchev–Trinajstić information content (AvgIpc) is 2.62. The van der Waals surface area contributed by atoms with Crippen LogP contribution >= 0.6 is 0 Å². The van der Waals surface area contributed by atoms with E-state index < -0.39 is 0 Å². The summed E-state index contributed by atoms with van der Waals surface area (Å²) in [5, 5.41) is 5.05. The second kappa shape index (κ2) is 4.68. The third-order valence-corrected chi connectivity index (χ3v) is 4.91. The molecule has 1 aromatic heterocycles. The van der Waals surface area contributed by atoms with Crippen molar-refractivity contribution in [3.05, 3.63) is 35.5 Å². The summed E-state index contributed by atoms with van der Waals surface area (Å²) in [6.07, 6.45) is 4.17. The molecule has 2 nitrogen and oxygen atoms in total. The van der Waals surface area contributed by atoms with Crippen molar-refractivity contribution in [1.82, 2.24) is 9.88 Å². The quantitative estimate of drug-likeness (QED) is 0.881. The molecule has 0 amide bonds. The fraction of sp³-hybridized carbons (Fsp3) is 0.529. The van der Waals surface area contributed by atoms with Crippen LogP contribution < -0.4 is 5.32 Å². The summed E-state index contributed by atoms with van der Waals surface area (Å²) >= 11 is 0. The number of aromatic nitrogens is 1. The van der Waals surface area contributed by atoms with Gasteiger partial charge in [0.05, 0.1) is 0 Å². The lowest BCUT2D eigenvalue weighted by molar-refractivity contribution is 0.156. The van der Waals surface area contributed by atoms with Gasteiger partial charge in [-0.15, -0.1) is 0 Å². The molecule has 1 aliphatic carbocycles. The molecule has 102 valence electrons. The molecule has 1 fully saturated rings. The third kappa shape index (κ3) is 2.18. The van der Waals surface area contributed by atoms with Gasteiger partial charge in [-0.3, -0.25) is 0 Å². The van der Waals surface area contributed by atoms with E-state index in [1.165, 1.54) is 41.4 Å². The van der Waals surface area contributed by atoms with Crippen LogP contribution in [0.15, 0.2) is 24.3 Å². The Morgan fingerprint density at radius 2 is 2.00 bits per heavy atom. The Morgan fingerprint density at radius 3 is 2.63 bits per heavy atom. The first-order valence-electron chi connectivity index (χ1n) is 7.34. The van der Waals surface area contributed by atoms with E-state index in [9.17, 15) is 0 Å². The van der Waals surface area contributed by atoms with Crippen LogP contribution in [0.1, 0.15) is 37.4 Å². The summed E-state index contributed by atoms with van der Waals surface area (Å²) in [6, 6.07) is 8.68. The molecule has 1 saturated carbocycles. The smallest absolute Gasteiger partial charge is 0.0483 e. The fourth-order valence-corrected chi connectivity index (χ4v) is 3.33. The molecule has 0 spiro atoms. The van der Waals surface area contributed by atoms with Crippen molar-refractivity contribution in [2.24, 2.45) is 12.5 Å². The van der Waals surface area contributed by atoms with Crippen molar-refractivity contribution < 1.29 is 0 Å². The van der Waals surface area contributed by atoms with Crippen LogP contribution in [0.5, 0.6) is 0 Å². The van der Waals surface area contributed by atoms with Gasteiger partial charge in [-0.25, -0.2) is 0 Å². The first kappa shape index (κ1) is 12.7. The van der Waals surface area contributed by atoms with Crippen molar-refractivity contribution in [2.45, 2.75) is 39.7 Å². The minimum Gasteiger partial charge on any atom is -0.346 e. The summed E-state index contributed by atoms with van der Waals surface area (Å²) in [7, 11) is 2.18. The number of rotatable bonds is 4. The molecule has 0 bridgehead atoms. The Morgan fingerprint density at radius 1 is 1.26 bits per heavy atom. The topological polar surface area (TPSA) is 17.0 Å². The Hall–Kier alpha value is -1.28. The van der Waals surface area contributed by atoms with Gasteiger partial charge in [-0.05, 0) is 36.8 Å². The maximum Gasteiger partial charge on any atom is 0.0483 e. The highest BCUT2D eigenvalue weighted by molar-refractivity contribution is 5.85. The SMILES string of the molecule is Cc1c(CNCC2(C)CCC2)n(C)c2ccccc12. The van der Waals surface area contributed by atoms with Crippen LogP contribution in [0.25, 0.3) is 10.9 Å². The molecule has 2 heteroatoms. The highest BCUT2D eigenvalue weighted by Gasteiger charge is 2.31. The van der Waals surface area contributed by atoms with E-state index in [0.717, 1.165) is 13.1 Å². The molecule has 0 aliphatic heterocycles. The summed E-state index contributed by atoms with van der Waals surface area (Å²) in [5.74, 6) is 0. The Balaban J connectivity index is 1.77. The zero-order valence-corrected chi connectivity index (χ0v) is 12.3. The summed E-state index contributed by atoms with van der Waals surface area (Å²) in [5.41, 5.74) is 4.73. The number of aryl methyl sites for hydroxylation is 2. The van der Waals surface area contributed by atoms with Gasteiger partial charge in [0.25, 0.3) is 0 Å². The van der Waals surface area contributed by atoms with Crippen molar-refractivity contribution in [1.29, 1.82) is 0 Å². The average molecular weight is 256 g/mol. The first-order valence-corrected chi connectivity index (χ1v) is 7.34. The number of hydrogen-bond donors (Lipinski definition) is 1. The highest BCUT2D eigenvalue weighted by Crippen LogP contribution is 2.39. The van der Waals surface area contributed by atoms with Gasteiger partial charge in [-0.2, -0.15) is 0 Å². The molecule has 1 aromatic carbocycles. The molecule has 0 radical (unpaired) electrons. The molecular formula is C17H24N2. The lowest BCUT2D eigenvalue weighted by Gasteiger charge is -2.38. The minimum absolute atomic E-state index is 0.554. The highest BCUT2D eigenvalue weighted by atomic mass is 15.0. The number of fused-ring (bicyclic) bond motifs is 1. The monoisotopic (exact) mass is 256 g/mol. The molecule has 1 aliphatic rings. The van der Waals surface area contributed by atoms with Gasteiger partial charge in [0, 0.05) is 36.7 Å². The summed E-state index contributed by atoms with van der Waals surface area (Å²) in [6.45, 7) is 6.77. The number of nitrogens with zero attached hydrogens (tertiary/aromatic N) is 1. The van der Waals surface area contributed by atoms with E-state index in [2.05, 4.69) is 55.0 Å². The summed E-state index contributed by atoms with van der Waals surface area (Å²) < 4.78 is 2.33. The predicted molar refractivity (Wildman–Crippen MR) is 81.3 cm³/mol. The van der Waals surface area contributed by atoms with Gasteiger partial charge >= 0.3 is 0 Å². The maximum atomic E-state index is 3.67. The third-order valence-electron chi connectivity index (χ3n) is 4.91. The number of benzene rings is 1. The molecule has 0 saturated heterocycles. The lowest BCUT2D eigenvalue weighted by atomic mass is 9.70. The Labute approximate surface area is 115 Å². The minimum atomic E-state index is 0.554. The van der Waals surface area contributed by atoms with E-state index in [-0.39, 0.29) is 0 Å². The van der Waals surface area contributed by atoms with E-state index >= 15 is 0 Å². The Kier molecular flexibility index (Phi) is 3.14. The standard InChI is InChI=1S/C17H24N2/c1-13-14-7-4-5-8-15(14)19(3)16(13)11-18-12-17(2)9-6-10-17/h4-5,7-8,18H,6,9-12H2,1-3H3. The van der Waals surface area contributed by atoms with Crippen LogP contribution in [0, 0.1) is 12.3 Å². The van der Waals surface area contributed by atoms with E-state index in [0.29, 0.717) is 5.41 Å². The van der Waals surface area contributed by atoms with Crippen molar-refractivity contribution in [3.8, 4) is 0 Å². The zero-order valence-electron chi connectivity index (χ0n) is 12.3. The molecule has 0 unspecified atom stereocenters. The Bertz CT molecular complexity index is 552. The molecule has 1 N–H and O–H groups in total. The number of nitrogens with one attached hydrogen (secondary N) is 1.